The number of rotatable bonds is 3. The van der Waals surface area contributed by atoms with E-state index in [1.54, 1.807) is 14.2 Å². The Balaban J connectivity index is 2.71. The van der Waals surface area contributed by atoms with Gasteiger partial charge in [0.2, 0.25) is 0 Å². The van der Waals surface area contributed by atoms with E-state index < -0.39 is 6.10 Å². The van der Waals surface area contributed by atoms with Gasteiger partial charge in [-0.1, -0.05) is 15.9 Å². The van der Waals surface area contributed by atoms with E-state index in [1.807, 2.05) is 0 Å². The minimum atomic E-state index is -0.494. The van der Waals surface area contributed by atoms with Crippen LogP contribution >= 0.6 is 15.9 Å². The summed E-state index contributed by atoms with van der Waals surface area (Å²) in [6.07, 6.45) is -1.05. The summed E-state index contributed by atoms with van der Waals surface area (Å²) in [7, 11) is 3.12. The molecule has 0 radical (unpaired) electrons. The number of carbonyl (C=O) groups is 1. The molecule has 0 aromatic carbocycles. The number of halogens is 1. The van der Waals surface area contributed by atoms with Crippen LogP contribution in [0.5, 0.6) is 0 Å². The van der Waals surface area contributed by atoms with Gasteiger partial charge in [0.15, 0.2) is 11.1 Å². The summed E-state index contributed by atoms with van der Waals surface area (Å²) in [5.74, 6) is -0.369. The Morgan fingerprint density at radius 1 is 1.33 bits per heavy atom. The maximum absolute atomic E-state index is 10.9. The summed E-state index contributed by atoms with van der Waals surface area (Å²) in [5.41, 5.74) is 0. The topological polar surface area (TPSA) is 54.0 Å². The standard InChI is InChI=1S/C9H15BrO5/c1-5(11)15-8-7(13-3)6(12-2)4-14-9(8)10/h6-9H,4H2,1-3H3/t6-,7+,8-,9+/m1/s1. The second kappa shape index (κ2) is 5.79. The van der Waals surface area contributed by atoms with Crippen molar-refractivity contribution in [2.45, 2.75) is 30.2 Å². The van der Waals surface area contributed by atoms with Crippen LogP contribution in [0.3, 0.4) is 0 Å². The average Bonchev–Trinajstić information content (AvgIpc) is 2.20. The van der Waals surface area contributed by atoms with Crippen molar-refractivity contribution in [3.63, 3.8) is 0 Å². The quantitative estimate of drug-likeness (QED) is 0.563. The van der Waals surface area contributed by atoms with Crippen molar-refractivity contribution >= 4 is 21.9 Å². The molecule has 0 aliphatic carbocycles. The highest BCUT2D eigenvalue weighted by Gasteiger charge is 2.42. The largest absolute Gasteiger partial charge is 0.456 e. The van der Waals surface area contributed by atoms with Gasteiger partial charge in [0.05, 0.1) is 6.61 Å². The second-order valence-electron chi connectivity index (χ2n) is 3.23. The van der Waals surface area contributed by atoms with Crippen LogP contribution in [0.1, 0.15) is 6.92 Å². The fourth-order valence-electron chi connectivity index (χ4n) is 1.54. The van der Waals surface area contributed by atoms with E-state index in [0.29, 0.717) is 6.61 Å². The fraction of sp³-hybridized carbons (Fsp3) is 0.889. The predicted molar refractivity (Wildman–Crippen MR) is 55.8 cm³/mol. The van der Waals surface area contributed by atoms with E-state index in [4.69, 9.17) is 18.9 Å². The molecule has 1 saturated heterocycles. The Labute approximate surface area is 97.1 Å². The SMILES string of the molecule is CO[C@@H]1[C@@H](OC(C)=O)[C@@H](Br)OC[C@H]1OC. The summed E-state index contributed by atoms with van der Waals surface area (Å²) < 4.78 is 20.9. The molecule has 0 N–H and O–H groups in total. The van der Waals surface area contributed by atoms with E-state index in [0.717, 1.165) is 0 Å². The lowest BCUT2D eigenvalue weighted by atomic mass is 10.1. The van der Waals surface area contributed by atoms with Crippen LogP contribution in [0.4, 0.5) is 0 Å². The van der Waals surface area contributed by atoms with Crippen LogP contribution in [-0.2, 0) is 23.7 Å². The summed E-state index contributed by atoms with van der Waals surface area (Å²) in [5, 5.41) is -0.363. The number of esters is 1. The normalized spacial score (nSPS) is 36.3. The Hall–Kier alpha value is -0.170. The van der Waals surface area contributed by atoms with Gasteiger partial charge in [-0.2, -0.15) is 0 Å². The van der Waals surface area contributed by atoms with E-state index in [9.17, 15) is 4.79 Å². The van der Waals surface area contributed by atoms with Crippen molar-refractivity contribution in [2.75, 3.05) is 20.8 Å². The van der Waals surface area contributed by atoms with E-state index >= 15 is 0 Å². The van der Waals surface area contributed by atoms with Crippen LogP contribution in [0.15, 0.2) is 0 Å². The molecule has 1 aliphatic rings. The summed E-state index contributed by atoms with van der Waals surface area (Å²) in [6.45, 7) is 1.76. The van der Waals surface area contributed by atoms with Gasteiger partial charge in [0.1, 0.15) is 12.2 Å². The predicted octanol–water partition coefficient (Wildman–Crippen LogP) is 0.699. The number of hydrogen-bond donors (Lipinski definition) is 0. The van der Waals surface area contributed by atoms with E-state index in [1.165, 1.54) is 6.92 Å². The lowest BCUT2D eigenvalue weighted by molar-refractivity contribution is -0.200. The van der Waals surface area contributed by atoms with Crippen molar-refractivity contribution in [1.82, 2.24) is 0 Å². The van der Waals surface area contributed by atoms with Crippen molar-refractivity contribution in [1.29, 1.82) is 0 Å². The molecule has 1 rings (SSSR count). The zero-order valence-corrected chi connectivity index (χ0v) is 10.5. The second-order valence-corrected chi connectivity index (χ2v) is 4.14. The number of methoxy groups -OCH3 is 2. The van der Waals surface area contributed by atoms with Crippen molar-refractivity contribution in [2.24, 2.45) is 0 Å². The van der Waals surface area contributed by atoms with Crippen LogP contribution < -0.4 is 0 Å². The molecule has 0 amide bonds. The Morgan fingerprint density at radius 3 is 2.47 bits per heavy atom. The fourth-order valence-corrected chi connectivity index (χ4v) is 2.10. The molecule has 0 aromatic rings. The molecule has 15 heavy (non-hydrogen) atoms. The zero-order valence-electron chi connectivity index (χ0n) is 8.94. The maximum atomic E-state index is 10.9. The molecule has 6 heteroatoms. The van der Waals surface area contributed by atoms with Gasteiger partial charge in [0, 0.05) is 21.1 Å². The van der Waals surface area contributed by atoms with Crippen LogP contribution in [0.2, 0.25) is 0 Å². The third-order valence-corrected chi connectivity index (χ3v) is 3.03. The molecule has 0 spiro atoms. The molecular formula is C9H15BrO5. The minimum absolute atomic E-state index is 0.229. The van der Waals surface area contributed by atoms with Crippen molar-refractivity contribution < 1.29 is 23.7 Å². The first kappa shape index (κ1) is 12.9. The molecule has 4 atom stereocenters. The summed E-state index contributed by atoms with van der Waals surface area (Å²) in [6, 6.07) is 0. The zero-order chi connectivity index (χ0) is 11.4. The van der Waals surface area contributed by atoms with Gasteiger partial charge in [-0.25, -0.2) is 0 Å². The van der Waals surface area contributed by atoms with Gasteiger partial charge >= 0.3 is 5.97 Å². The number of alkyl halides is 1. The Kier molecular flexibility index (Phi) is 4.98. The molecule has 0 aromatic heterocycles. The highest BCUT2D eigenvalue weighted by molar-refractivity contribution is 9.09. The highest BCUT2D eigenvalue weighted by atomic mass is 79.9. The first-order chi connectivity index (χ1) is 7.10. The third-order valence-electron chi connectivity index (χ3n) is 2.25. The highest BCUT2D eigenvalue weighted by Crippen LogP contribution is 2.26. The molecule has 0 bridgehead atoms. The van der Waals surface area contributed by atoms with Gasteiger partial charge in [0.25, 0.3) is 0 Å². The number of ether oxygens (including phenoxy) is 4. The third kappa shape index (κ3) is 3.14. The maximum Gasteiger partial charge on any atom is 0.303 e. The van der Waals surface area contributed by atoms with Gasteiger partial charge in [-0.05, 0) is 0 Å². The minimum Gasteiger partial charge on any atom is -0.456 e. The monoisotopic (exact) mass is 282 g/mol. The van der Waals surface area contributed by atoms with Gasteiger partial charge < -0.3 is 18.9 Å². The Morgan fingerprint density at radius 2 is 2.00 bits per heavy atom. The molecule has 0 saturated carbocycles. The van der Waals surface area contributed by atoms with Gasteiger partial charge in [-0.3, -0.25) is 4.79 Å². The smallest absolute Gasteiger partial charge is 0.303 e. The van der Waals surface area contributed by atoms with Crippen LogP contribution in [-0.4, -0.2) is 50.1 Å². The average molecular weight is 283 g/mol. The van der Waals surface area contributed by atoms with Crippen LogP contribution in [0, 0.1) is 0 Å². The molecule has 1 aliphatic heterocycles. The molecule has 1 fully saturated rings. The van der Waals surface area contributed by atoms with E-state index in [-0.39, 0.29) is 23.2 Å². The van der Waals surface area contributed by atoms with Crippen molar-refractivity contribution in [3.05, 3.63) is 0 Å². The molecule has 1 heterocycles. The molecule has 5 nitrogen and oxygen atoms in total. The summed E-state index contributed by atoms with van der Waals surface area (Å²) in [4.78, 5) is 10.9. The molecule has 0 unspecified atom stereocenters. The number of hydrogen-bond acceptors (Lipinski definition) is 5. The van der Waals surface area contributed by atoms with Crippen LogP contribution in [0.25, 0.3) is 0 Å². The molecule has 88 valence electrons. The summed E-state index contributed by atoms with van der Waals surface area (Å²) >= 11 is 3.29. The lowest BCUT2D eigenvalue weighted by Crippen LogP contribution is -2.54. The number of carbonyl (C=O) groups excluding carboxylic acids is 1. The Bertz CT molecular complexity index is 223. The van der Waals surface area contributed by atoms with Gasteiger partial charge in [-0.15, -0.1) is 0 Å². The first-order valence-electron chi connectivity index (χ1n) is 4.58. The van der Waals surface area contributed by atoms with Crippen molar-refractivity contribution in [3.8, 4) is 0 Å². The first-order valence-corrected chi connectivity index (χ1v) is 5.50. The lowest BCUT2D eigenvalue weighted by Gasteiger charge is -2.38. The van der Waals surface area contributed by atoms with E-state index in [2.05, 4.69) is 15.9 Å². The molecular weight excluding hydrogens is 268 g/mol.